The predicted molar refractivity (Wildman–Crippen MR) is 62.6 cm³/mol. The van der Waals surface area contributed by atoms with Gasteiger partial charge in [-0.2, -0.15) is 0 Å². The summed E-state index contributed by atoms with van der Waals surface area (Å²) in [5, 5.41) is 2.57. The Morgan fingerprint density at radius 2 is 1.72 bits per heavy atom. The highest BCUT2D eigenvalue weighted by atomic mass is 19.4. The van der Waals surface area contributed by atoms with E-state index in [1.807, 2.05) is 0 Å². The maximum Gasteiger partial charge on any atom is 0.523 e. The van der Waals surface area contributed by atoms with E-state index in [2.05, 4.69) is 22.1 Å². The second kappa shape index (κ2) is 11.5. The zero-order valence-electron chi connectivity index (χ0n) is 10.4. The molecule has 0 fully saturated rings. The van der Waals surface area contributed by atoms with Crippen molar-refractivity contribution >= 4 is 0 Å². The second-order valence-corrected chi connectivity index (χ2v) is 3.64. The average Bonchev–Trinajstić information content (AvgIpc) is 2.29. The summed E-state index contributed by atoms with van der Waals surface area (Å²) in [6.45, 7) is 4.78. The van der Waals surface area contributed by atoms with Crippen LogP contribution in [0.4, 0.5) is 13.2 Å². The largest absolute Gasteiger partial charge is 0.523 e. The van der Waals surface area contributed by atoms with Gasteiger partial charge in [-0.05, 0) is 19.4 Å². The van der Waals surface area contributed by atoms with Crippen molar-refractivity contribution in [1.29, 1.82) is 0 Å². The Morgan fingerprint density at radius 1 is 1.06 bits per heavy atom. The molecule has 0 radical (unpaired) electrons. The van der Waals surface area contributed by atoms with Crippen LogP contribution in [0.5, 0.6) is 0 Å². The molecule has 0 aliphatic heterocycles. The van der Waals surface area contributed by atoms with Gasteiger partial charge in [0.15, 0.2) is 0 Å². The van der Waals surface area contributed by atoms with Crippen molar-refractivity contribution in [3.63, 3.8) is 0 Å². The number of alkyl halides is 3. The van der Waals surface area contributed by atoms with E-state index in [9.17, 15) is 13.2 Å². The minimum absolute atomic E-state index is 0.475. The molecule has 0 atom stereocenters. The number of nitrogens with one attached hydrogen (secondary N) is 2. The first-order valence-corrected chi connectivity index (χ1v) is 5.93. The van der Waals surface area contributed by atoms with Crippen molar-refractivity contribution in [1.82, 2.24) is 10.8 Å². The zero-order chi connectivity index (χ0) is 13.7. The Hall–Kier alpha value is -0.630. The SMILES string of the molecule is C=CCONCCCCCCNCOC(F)(F)F. The fraction of sp³-hybridized carbons (Fsp3) is 0.818. The predicted octanol–water partition coefficient (Wildman–Crippen LogP) is 2.34. The van der Waals surface area contributed by atoms with Gasteiger partial charge in [0, 0.05) is 6.54 Å². The first-order chi connectivity index (χ1) is 8.56. The summed E-state index contributed by atoms with van der Waals surface area (Å²) >= 11 is 0. The molecule has 0 heterocycles. The Labute approximate surface area is 105 Å². The summed E-state index contributed by atoms with van der Waals surface area (Å²) in [5.41, 5.74) is 2.78. The number of hydrogen-bond acceptors (Lipinski definition) is 4. The first-order valence-electron chi connectivity index (χ1n) is 5.93. The normalized spacial score (nSPS) is 11.7. The van der Waals surface area contributed by atoms with E-state index in [1.165, 1.54) is 0 Å². The standard InChI is InChI=1S/C11H21F3N2O2/c1-2-9-18-16-8-6-4-3-5-7-15-10-17-11(12,13)14/h2,15-16H,1,3-10H2. The summed E-state index contributed by atoms with van der Waals surface area (Å²) in [4.78, 5) is 4.97. The van der Waals surface area contributed by atoms with Gasteiger partial charge in [-0.3, -0.25) is 14.9 Å². The van der Waals surface area contributed by atoms with Crippen LogP contribution in [0.25, 0.3) is 0 Å². The molecule has 0 bridgehead atoms. The monoisotopic (exact) mass is 270 g/mol. The van der Waals surface area contributed by atoms with Crippen LogP contribution in [0.15, 0.2) is 12.7 Å². The minimum atomic E-state index is -4.55. The Balaban J connectivity index is 3.01. The number of hydrogen-bond donors (Lipinski definition) is 2. The lowest BCUT2D eigenvalue weighted by Gasteiger charge is -2.08. The Morgan fingerprint density at radius 3 is 2.33 bits per heavy atom. The fourth-order valence-electron chi connectivity index (χ4n) is 1.20. The molecule has 2 N–H and O–H groups in total. The molecule has 0 aliphatic carbocycles. The first kappa shape index (κ1) is 17.4. The molecule has 4 nitrogen and oxygen atoms in total. The summed E-state index contributed by atoms with van der Waals surface area (Å²) in [5.74, 6) is 0. The van der Waals surface area contributed by atoms with Crippen LogP contribution in [-0.4, -0.2) is 32.8 Å². The van der Waals surface area contributed by atoms with E-state index < -0.39 is 13.1 Å². The molecule has 0 unspecified atom stereocenters. The maximum atomic E-state index is 11.6. The molecule has 0 saturated heterocycles. The number of hydroxylamine groups is 1. The molecule has 0 aromatic carbocycles. The number of halogens is 3. The molecule has 108 valence electrons. The van der Waals surface area contributed by atoms with Crippen molar-refractivity contribution in [2.45, 2.75) is 32.0 Å². The van der Waals surface area contributed by atoms with Crippen LogP contribution in [0.3, 0.4) is 0 Å². The van der Waals surface area contributed by atoms with Crippen LogP contribution in [0.1, 0.15) is 25.7 Å². The van der Waals surface area contributed by atoms with Gasteiger partial charge < -0.3 is 0 Å². The van der Waals surface area contributed by atoms with E-state index in [1.54, 1.807) is 6.08 Å². The smallest absolute Gasteiger partial charge is 0.298 e. The van der Waals surface area contributed by atoms with Crippen molar-refractivity contribution < 1.29 is 22.7 Å². The van der Waals surface area contributed by atoms with Gasteiger partial charge >= 0.3 is 6.36 Å². The molecule has 0 aliphatic rings. The summed E-state index contributed by atoms with van der Waals surface area (Å²) < 4.78 is 38.3. The quantitative estimate of drug-likeness (QED) is 0.247. The highest BCUT2D eigenvalue weighted by Gasteiger charge is 2.28. The lowest BCUT2D eigenvalue weighted by molar-refractivity contribution is -0.326. The summed E-state index contributed by atoms with van der Waals surface area (Å²) in [6, 6.07) is 0. The minimum Gasteiger partial charge on any atom is -0.298 e. The highest BCUT2D eigenvalue weighted by Crippen LogP contribution is 2.14. The molecule has 0 aromatic rings. The third-order valence-electron chi connectivity index (χ3n) is 2.02. The third-order valence-corrected chi connectivity index (χ3v) is 2.02. The van der Waals surface area contributed by atoms with Crippen molar-refractivity contribution in [3.8, 4) is 0 Å². The van der Waals surface area contributed by atoms with E-state index >= 15 is 0 Å². The van der Waals surface area contributed by atoms with E-state index in [-0.39, 0.29) is 0 Å². The molecule has 0 amide bonds. The molecule has 0 rings (SSSR count). The van der Waals surface area contributed by atoms with Crippen molar-refractivity contribution in [2.24, 2.45) is 0 Å². The van der Waals surface area contributed by atoms with Gasteiger partial charge in [0.25, 0.3) is 0 Å². The maximum absolute atomic E-state index is 11.6. The van der Waals surface area contributed by atoms with Gasteiger partial charge in [0.05, 0.1) is 6.61 Å². The van der Waals surface area contributed by atoms with Gasteiger partial charge in [0.1, 0.15) is 6.73 Å². The van der Waals surface area contributed by atoms with E-state index in [4.69, 9.17) is 4.84 Å². The van der Waals surface area contributed by atoms with E-state index in [0.717, 1.165) is 32.2 Å². The lowest BCUT2D eigenvalue weighted by Crippen LogP contribution is -2.25. The third kappa shape index (κ3) is 15.4. The summed E-state index contributed by atoms with van der Waals surface area (Å²) in [7, 11) is 0. The molecule has 18 heavy (non-hydrogen) atoms. The van der Waals surface area contributed by atoms with Crippen LogP contribution >= 0.6 is 0 Å². The molecule has 0 aromatic heterocycles. The van der Waals surface area contributed by atoms with Crippen molar-refractivity contribution in [3.05, 3.63) is 12.7 Å². The number of unbranched alkanes of at least 4 members (excludes halogenated alkanes) is 3. The summed E-state index contributed by atoms with van der Waals surface area (Å²) in [6.07, 6.45) is 0.866. The molecular formula is C11H21F3N2O2. The van der Waals surface area contributed by atoms with Crippen LogP contribution in [-0.2, 0) is 9.57 Å². The van der Waals surface area contributed by atoms with Crippen LogP contribution in [0, 0.1) is 0 Å². The Kier molecular flexibility index (Phi) is 11.1. The van der Waals surface area contributed by atoms with Crippen molar-refractivity contribution in [2.75, 3.05) is 26.4 Å². The molecular weight excluding hydrogens is 249 g/mol. The Bertz CT molecular complexity index is 201. The van der Waals surface area contributed by atoms with Gasteiger partial charge in [-0.25, -0.2) is 5.48 Å². The number of ether oxygens (including phenoxy) is 1. The fourth-order valence-corrected chi connectivity index (χ4v) is 1.20. The molecule has 0 spiro atoms. The topological polar surface area (TPSA) is 42.5 Å². The van der Waals surface area contributed by atoms with Crippen LogP contribution in [0.2, 0.25) is 0 Å². The number of rotatable bonds is 12. The highest BCUT2D eigenvalue weighted by molar-refractivity contribution is 4.62. The molecule has 7 heteroatoms. The van der Waals surface area contributed by atoms with E-state index in [0.29, 0.717) is 13.2 Å². The van der Waals surface area contributed by atoms with Crippen LogP contribution < -0.4 is 10.8 Å². The zero-order valence-corrected chi connectivity index (χ0v) is 10.4. The van der Waals surface area contributed by atoms with Gasteiger partial charge in [0.2, 0.25) is 0 Å². The second-order valence-electron chi connectivity index (χ2n) is 3.64. The van der Waals surface area contributed by atoms with Gasteiger partial charge in [-0.1, -0.05) is 18.9 Å². The van der Waals surface area contributed by atoms with Gasteiger partial charge in [-0.15, -0.1) is 19.8 Å². The molecule has 0 saturated carbocycles. The average molecular weight is 270 g/mol. The lowest BCUT2D eigenvalue weighted by atomic mass is 10.2.